The van der Waals surface area contributed by atoms with Crippen LogP contribution in [0, 0.1) is 0 Å². The van der Waals surface area contributed by atoms with E-state index in [9.17, 15) is 0 Å². The Bertz CT molecular complexity index is 1630. The van der Waals surface area contributed by atoms with Crippen molar-refractivity contribution in [2.75, 3.05) is 0 Å². The fourth-order valence-electron chi connectivity index (χ4n) is 6.08. The van der Waals surface area contributed by atoms with E-state index in [4.69, 9.17) is 0 Å². The molecule has 2 heterocycles. The highest BCUT2D eigenvalue weighted by molar-refractivity contribution is 7.17. The van der Waals surface area contributed by atoms with Gasteiger partial charge in [0.15, 0.2) is 0 Å². The van der Waals surface area contributed by atoms with Crippen molar-refractivity contribution in [2.45, 2.75) is 77.6 Å². The maximum Gasteiger partial charge on any atom is 0.0352 e. The molecule has 0 unspecified atom stereocenters. The number of benzene rings is 4. The van der Waals surface area contributed by atoms with Gasteiger partial charge >= 0.3 is 0 Å². The van der Waals surface area contributed by atoms with E-state index in [1.807, 2.05) is 22.7 Å². The highest BCUT2D eigenvalue weighted by Crippen LogP contribution is 2.40. The molecule has 0 aliphatic heterocycles. The number of unbranched alkanes of at least 4 members (excludes halogenated alkanes) is 9. The molecule has 0 aliphatic carbocycles. The summed E-state index contributed by atoms with van der Waals surface area (Å²) in [5, 5.41) is 15.8. The third-order valence-electron chi connectivity index (χ3n) is 8.04. The molecule has 0 aliphatic rings. The molecule has 36 heavy (non-hydrogen) atoms. The summed E-state index contributed by atoms with van der Waals surface area (Å²) in [4.78, 5) is 0. The predicted octanol–water partition coefficient (Wildman–Crippen LogP) is 12.0. The molecule has 0 saturated heterocycles. The van der Waals surface area contributed by atoms with Crippen molar-refractivity contribution in [3.8, 4) is 0 Å². The lowest BCUT2D eigenvalue weighted by molar-refractivity contribution is 0.556. The minimum Gasteiger partial charge on any atom is -0.144 e. The molecule has 0 spiro atoms. The van der Waals surface area contributed by atoms with Crippen LogP contribution in [0.1, 0.15) is 76.7 Å². The Balaban J connectivity index is 1.22. The number of hydrogen-bond acceptors (Lipinski definition) is 2. The molecule has 0 N–H and O–H groups in total. The number of fused-ring (bicyclic) bond motifs is 9. The number of aryl methyl sites for hydroxylation is 1. The van der Waals surface area contributed by atoms with E-state index in [0.29, 0.717) is 0 Å². The Hall–Kier alpha value is -2.42. The molecule has 184 valence electrons. The molecule has 0 radical (unpaired) electrons. The molecule has 0 bridgehead atoms. The quantitative estimate of drug-likeness (QED) is 0.121. The van der Waals surface area contributed by atoms with Gasteiger partial charge in [-0.25, -0.2) is 0 Å². The van der Waals surface area contributed by atoms with Gasteiger partial charge in [-0.3, -0.25) is 0 Å². The standard InChI is InChI=1S/C34H36S2/c1-2-3-4-5-6-7-8-9-10-11-12-24-23-36-33-20-18-29-26-13-14-28-27(17-19-32-30(28)21-22-35-32)25(26)15-16-31(29)34(24)33/h13-23H,2-12H2,1H3. The molecule has 0 atom stereocenters. The first-order valence-corrected chi connectivity index (χ1v) is 15.8. The molecule has 0 nitrogen and oxygen atoms in total. The van der Waals surface area contributed by atoms with E-state index < -0.39 is 0 Å². The Kier molecular flexibility index (Phi) is 7.26. The van der Waals surface area contributed by atoms with E-state index in [2.05, 4.69) is 72.3 Å². The van der Waals surface area contributed by atoms with Crippen molar-refractivity contribution < 1.29 is 0 Å². The average molecular weight is 509 g/mol. The lowest BCUT2D eigenvalue weighted by Crippen LogP contribution is -1.87. The van der Waals surface area contributed by atoms with Gasteiger partial charge in [0.05, 0.1) is 0 Å². The zero-order chi connectivity index (χ0) is 24.3. The van der Waals surface area contributed by atoms with Crippen molar-refractivity contribution in [1.82, 2.24) is 0 Å². The topological polar surface area (TPSA) is 0 Å². The van der Waals surface area contributed by atoms with Crippen LogP contribution in [0.2, 0.25) is 0 Å². The molecule has 0 amide bonds. The van der Waals surface area contributed by atoms with Crippen LogP contribution in [0.5, 0.6) is 0 Å². The number of rotatable bonds is 11. The molecular formula is C34H36S2. The van der Waals surface area contributed by atoms with Gasteiger partial charge < -0.3 is 0 Å². The fraction of sp³-hybridized carbons (Fsp3) is 0.353. The normalized spacial score (nSPS) is 12.1. The monoisotopic (exact) mass is 508 g/mol. The third-order valence-corrected chi connectivity index (χ3v) is 9.92. The van der Waals surface area contributed by atoms with E-state index in [1.165, 1.54) is 123 Å². The smallest absolute Gasteiger partial charge is 0.0352 e. The zero-order valence-corrected chi connectivity index (χ0v) is 23.1. The molecule has 2 heteroatoms. The van der Waals surface area contributed by atoms with Crippen LogP contribution in [0.15, 0.2) is 65.4 Å². The molecule has 4 aromatic carbocycles. The van der Waals surface area contributed by atoms with Gasteiger partial charge in [-0.1, -0.05) is 101 Å². The van der Waals surface area contributed by atoms with E-state index >= 15 is 0 Å². The van der Waals surface area contributed by atoms with Gasteiger partial charge in [0.2, 0.25) is 0 Å². The minimum atomic E-state index is 1.21. The van der Waals surface area contributed by atoms with Gasteiger partial charge in [-0.15, -0.1) is 22.7 Å². The van der Waals surface area contributed by atoms with E-state index in [1.54, 1.807) is 5.56 Å². The predicted molar refractivity (Wildman–Crippen MR) is 165 cm³/mol. The second-order valence-electron chi connectivity index (χ2n) is 10.4. The van der Waals surface area contributed by atoms with Crippen LogP contribution in [-0.4, -0.2) is 0 Å². The average Bonchev–Trinajstić information content (AvgIpc) is 3.56. The Labute approximate surface area is 222 Å². The van der Waals surface area contributed by atoms with Gasteiger partial charge in [0, 0.05) is 20.2 Å². The second kappa shape index (κ2) is 10.9. The first-order valence-electron chi connectivity index (χ1n) is 14.0. The van der Waals surface area contributed by atoms with Crippen molar-refractivity contribution in [3.63, 3.8) is 0 Å². The molecule has 6 rings (SSSR count). The fourth-order valence-corrected chi connectivity index (χ4v) is 7.89. The SMILES string of the molecule is CCCCCCCCCCCCc1csc2ccc3c4ccc5c6ccsc6ccc5c4ccc3c12. The molecule has 0 fully saturated rings. The number of hydrogen-bond donors (Lipinski definition) is 0. The van der Waals surface area contributed by atoms with Crippen molar-refractivity contribution in [3.05, 3.63) is 70.9 Å². The highest BCUT2D eigenvalue weighted by Gasteiger charge is 2.12. The van der Waals surface area contributed by atoms with Gasteiger partial charge in [0.1, 0.15) is 0 Å². The highest BCUT2D eigenvalue weighted by atomic mass is 32.1. The molecule has 6 aromatic rings. The largest absolute Gasteiger partial charge is 0.144 e. The maximum atomic E-state index is 2.43. The summed E-state index contributed by atoms with van der Waals surface area (Å²) >= 11 is 3.75. The molecule has 0 saturated carbocycles. The lowest BCUT2D eigenvalue weighted by atomic mass is 9.93. The maximum absolute atomic E-state index is 2.43. The summed E-state index contributed by atoms with van der Waals surface area (Å²) in [5.74, 6) is 0. The summed E-state index contributed by atoms with van der Waals surface area (Å²) in [6, 6.07) is 21.1. The van der Waals surface area contributed by atoms with E-state index in [-0.39, 0.29) is 0 Å². The van der Waals surface area contributed by atoms with Crippen molar-refractivity contribution in [1.29, 1.82) is 0 Å². The third kappa shape index (κ3) is 4.55. The van der Waals surface area contributed by atoms with Crippen molar-refractivity contribution in [2.24, 2.45) is 0 Å². The summed E-state index contributed by atoms with van der Waals surface area (Å²) in [5.41, 5.74) is 1.56. The second-order valence-corrected chi connectivity index (χ2v) is 12.3. The van der Waals surface area contributed by atoms with Gasteiger partial charge in [0.25, 0.3) is 0 Å². The summed E-state index contributed by atoms with van der Waals surface area (Å²) in [6.45, 7) is 2.30. The number of thiophene rings is 2. The first-order chi connectivity index (χ1) is 17.8. The van der Waals surface area contributed by atoms with Crippen LogP contribution in [-0.2, 0) is 6.42 Å². The Morgan fingerprint density at radius 1 is 0.472 bits per heavy atom. The molecule has 2 aromatic heterocycles. The van der Waals surface area contributed by atoms with Gasteiger partial charge in [-0.2, -0.15) is 0 Å². The van der Waals surface area contributed by atoms with Crippen LogP contribution in [0.3, 0.4) is 0 Å². The first kappa shape index (κ1) is 23.9. The summed E-state index contributed by atoms with van der Waals surface area (Å²) in [6.07, 6.45) is 15.2. The minimum absolute atomic E-state index is 1.21. The summed E-state index contributed by atoms with van der Waals surface area (Å²) < 4.78 is 2.81. The lowest BCUT2D eigenvalue weighted by Gasteiger charge is -2.10. The Morgan fingerprint density at radius 3 is 1.69 bits per heavy atom. The van der Waals surface area contributed by atoms with Crippen LogP contribution < -0.4 is 0 Å². The Morgan fingerprint density at radius 2 is 1.00 bits per heavy atom. The van der Waals surface area contributed by atoms with Crippen LogP contribution in [0.25, 0.3) is 52.5 Å². The molecular weight excluding hydrogens is 473 g/mol. The van der Waals surface area contributed by atoms with Crippen LogP contribution >= 0.6 is 22.7 Å². The van der Waals surface area contributed by atoms with Gasteiger partial charge in [-0.05, 0) is 79.7 Å². The summed E-state index contributed by atoms with van der Waals surface area (Å²) in [7, 11) is 0. The zero-order valence-electron chi connectivity index (χ0n) is 21.4. The van der Waals surface area contributed by atoms with Crippen molar-refractivity contribution >= 4 is 75.2 Å². The van der Waals surface area contributed by atoms with Crippen LogP contribution in [0.4, 0.5) is 0 Å². The van der Waals surface area contributed by atoms with E-state index in [0.717, 1.165) is 0 Å².